The molecule has 0 fully saturated rings. The lowest BCUT2D eigenvalue weighted by Crippen LogP contribution is -1.95. The van der Waals surface area contributed by atoms with Crippen molar-refractivity contribution in [3.05, 3.63) is 40.5 Å². The van der Waals surface area contributed by atoms with Crippen LogP contribution in [0.25, 0.3) is 11.3 Å². The van der Waals surface area contributed by atoms with E-state index in [2.05, 4.69) is 4.37 Å². The first-order valence-electron chi connectivity index (χ1n) is 5.50. The predicted molar refractivity (Wildman–Crippen MR) is 68.2 cm³/mol. The molecule has 0 atom stereocenters. The molecule has 1 aromatic heterocycles. The summed E-state index contributed by atoms with van der Waals surface area (Å²) < 4.78 is 17.4. The van der Waals surface area contributed by atoms with Gasteiger partial charge in [-0.1, -0.05) is 0 Å². The van der Waals surface area contributed by atoms with Crippen LogP contribution >= 0.6 is 11.5 Å². The lowest BCUT2D eigenvalue weighted by molar-refractivity contribution is -0.136. The van der Waals surface area contributed by atoms with Gasteiger partial charge in [-0.15, -0.1) is 0 Å². The van der Waals surface area contributed by atoms with Gasteiger partial charge in [0.25, 0.3) is 0 Å². The Labute approximate surface area is 108 Å². The van der Waals surface area contributed by atoms with Crippen LogP contribution in [0.4, 0.5) is 4.39 Å². The average Bonchev–Trinajstić information content (AvgIpc) is 2.79. The number of aliphatic carboxylic acids is 1. The minimum atomic E-state index is -0.817. The number of carboxylic acids is 1. The van der Waals surface area contributed by atoms with Crippen LogP contribution in [0, 0.1) is 12.7 Å². The van der Waals surface area contributed by atoms with E-state index in [4.69, 9.17) is 5.11 Å². The third-order valence-corrected chi connectivity index (χ3v) is 3.44. The standard InChI is InChI=1S/C13H12FNO2S/c1-8-6-9(2-4-11(8)14)12-7-10(18-15-12)3-5-13(16)17/h2,4,6-7H,3,5H2,1H3,(H,16,17). The van der Waals surface area contributed by atoms with E-state index in [0.717, 1.165) is 16.1 Å². The first kappa shape index (κ1) is 12.7. The summed E-state index contributed by atoms with van der Waals surface area (Å²) in [6, 6.07) is 6.70. The first-order valence-corrected chi connectivity index (χ1v) is 6.27. The van der Waals surface area contributed by atoms with Gasteiger partial charge in [0.15, 0.2) is 0 Å². The lowest BCUT2D eigenvalue weighted by Gasteiger charge is -1.99. The second-order valence-electron chi connectivity index (χ2n) is 4.04. The fourth-order valence-corrected chi connectivity index (χ4v) is 2.33. The van der Waals surface area contributed by atoms with Gasteiger partial charge in [-0.05, 0) is 54.7 Å². The molecule has 0 amide bonds. The zero-order chi connectivity index (χ0) is 13.1. The van der Waals surface area contributed by atoms with Crippen LogP contribution in [0.15, 0.2) is 24.3 Å². The topological polar surface area (TPSA) is 50.2 Å². The summed E-state index contributed by atoms with van der Waals surface area (Å²) in [4.78, 5) is 11.4. The molecular formula is C13H12FNO2S. The van der Waals surface area contributed by atoms with Gasteiger partial charge in [-0.25, -0.2) is 4.39 Å². The maximum atomic E-state index is 13.1. The number of hydrogen-bond acceptors (Lipinski definition) is 3. The van der Waals surface area contributed by atoms with E-state index in [-0.39, 0.29) is 12.2 Å². The summed E-state index contributed by atoms with van der Waals surface area (Å²) in [6.07, 6.45) is 0.581. The Morgan fingerprint density at radius 3 is 2.89 bits per heavy atom. The Hall–Kier alpha value is -1.75. The number of carbonyl (C=O) groups is 1. The highest BCUT2D eigenvalue weighted by Gasteiger charge is 2.07. The van der Waals surface area contributed by atoms with Crippen molar-refractivity contribution in [3.63, 3.8) is 0 Å². The molecule has 0 radical (unpaired) electrons. The van der Waals surface area contributed by atoms with Crippen LogP contribution in [0.1, 0.15) is 16.9 Å². The van der Waals surface area contributed by atoms with Crippen molar-refractivity contribution in [3.8, 4) is 11.3 Å². The van der Waals surface area contributed by atoms with E-state index < -0.39 is 5.97 Å². The van der Waals surface area contributed by atoms with Crippen molar-refractivity contribution in [2.75, 3.05) is 0 Å². The third kappa shape index (κ3) is 2.92. The minimum absolute atomic E-state index is 0.101. The van der Waals surface area contributed by atoms with E-state index in [1.165, 1.54) is 17.6 Å². The van der Waals surface area contributed by atoms with E-state index in [1.54, 1.807) is 19.1 Å². The van der Waals surface area contributed by atoms with Crippen molar-refractivity contribution in [1.29, 1.82) is 0 Å². The maximum absolute atomic E-state index is 13.1. The highest BCUT2D eigenvalue weighted by molar-refractivity contribution is 7.06. The average molecular weight is 265 g/mol. The maximum Gasteiger partial charge on any atom is 0.303 e. The Balaban J connectivity index is 2.18. The summed E-state index contributed by atoms with van der Waals surface area (Å²) in [6.45, 7) is 1.70. The number of benzene rings is 1. The molecule has 18 heavy (non-hydrogen) atoms. The van der Waals surface area contributed by atoms with Crippen LogP contribution in [-0.2, 0) is 11.2 Å². The molecule has 3 nitrogen and oxygen atoms in total. The molecular weight excluding hydrogens is 253 g/mol. The molecule has 0 saturated heterocycles. The monoisotopic (exact) mass is 265 g/mol. The highest BCUT2D eigenvalue weighted by Crippen LogP contribution is 2.24. The molecule has 0 bridgehead atoms. The summed E-state index contributed by atoms with van der Waals surface area (Å²) in [7, 11) is 0. The molecule has 2 rings (SSSR count). The number of carboxylic acid groups (broad SMARTS) is 1. The van der Waals surface area contributed by atoms with E-state index in [9.17, 15) is 9.18 Å². The molecule has 1 aromatic carbocycles. The van der Waals surface area contributed by atoms with E-state index in [0.29, 0.717) is 12.0 Å². The summed E-state index contributed by atoms with van der Waals surface area (Å²) in [5.41, 5.74) is 2.20. The number of rotatable bonds is 4. The van der Waals surface area contributed by atoms with Crippen LogP contribution in [0.5, 0.6) is 0 Å². The Morgan fingerprint density at radius 2 is 2.22 bits per heavy atom. The minimum Gasteiger partial charge on any atom is -0.481 e. The number of hydrogen-bond donors (Lipinski definition) is 1. The molecule has 1 heterocycles. The van der Waals surface area contributed by atoms with Crippen LogP contribution in [0.3, 0.4) is 0 Å². The van der Waals surface area contributed by atoms with Crippen LogP contribution in [-0.4, -0.2) is 15.4 Å². The molecule has 0 spiro atoms. The number of nitrogens with zero attached hydrogens (tertiary/aromatic N) is 1. The first-order chi connectivity index (χ1) is 8.56. The summed E-state index contributed by atoms with van der Waals surface area (Å²) >= 11 is 1.29. The fraction of sp³-hybridized carbons (Fsp3) is 0.231. The normalized spacial score (nSPS) is 10.6. The zero-order valence-corrected chi connectivity index (χ0v) is 10.6. The van der Waals surface area contributed by atoms with Crippen molar-refractivity contribution >= 4 is 17.5 Å². The summed E-state index contributed by atoms with van der Waals surface area (Å²) in [5, 5.41) is 8.61. The smallest absolute Gasteiger partial charge is 0.303 e. The Bertz CT molecular complexity index is 580. The van der Waals surface area contributed by atoms with Crippen LogP contribution < -0.4 is 0 Å². The molecule has 5 heteroatoms. The molecule has 0 aliphatic rings. The van der Waals surface area contributed by atoms with E-state index in [1.807, 2.05) is 6.07 Å². The van der Waals surface area contributed by atoms with Gasteiger partial charge in [-0.3, -0.25) is 4.79 Å². The molecule has 1 N–H and O–H groups in total. The molecule has 94 valence electrons. The van der Waals surface area contributed by atoms with Gasteiger partial charge in [0.05, 0.1) is 12.1 Å². The van der Waals surface area contributed by atoms with Gasteiger partial charge in [0.1, 0.15) is 5.82 Å². The van der Waals surface area contributed by atoms with Crippen LogP contribution in [0.2, 0.25) is 0 Å². The predicted octanol–water partition coefficient (Wildman–Crippen LogP) is 3.27. The highest BCUT2D eigenvalue weighted by atomic mass is 32.1. The Kier molecular flexibility index (Phi) is 3.72. The fourth-order valence-electron chi connectivity index (χ4n) is 1.60. The third-order valence-electron chi connectivity index (χ3n) is 2.60. The van der Waals surface area contributed by atoms with Gasteiger partial charge in [0, 0.05) is 10.4 Å². The molecule has 0 saturated carbocycles. The van der Waals surface area contributed by atoms with Crippen molar-refractivity contribution in [2.45, 2.75) is 19.8 Å². The molecule has 2 aromatic rings. The largest absolute Gasteiger partial charge is 0.481 e. The van der Waals surface area contributed by atoms with Gasteiger partial charge in [0.2, 0.25) is 0 Å². The second kappa shape index (κ2) is 5.27. The van der Waals surface area contributed by atoms with Crippen molar-refractivity contribution in [1.82, 2.24) is 4.37 Å². The number of halogens is 1. The molecule has 0 aliphatic carbocycles. The van der Waals surface area contributed by atoms with Gasteiger partial charge < -0.3 is 5.11 Å². The number of aromatic nitrogens is 1. The van der Waals surface area contributed by atoms with Gasteiger partial charge >= 0.3 is 5.97 Å². The molecule has 0 unspecified atom stereocenters. The van der Waals surface area contributed by atoms with Gasteiger partial charge in [-0.2, -0.15) is 4.37 Å². The zero-order valence-electron chi connectivity index (χ0n) is 9.81. The lowest BCUT2D eigenvalue weighted by atomic mass is 10.1. The Morgan fingerprint density at radius 1 is 1.44 bits per heavy atom. The quantitative estimate of drug-likeness (QED) is 0.923. The second-order valence-corrected chi connectivity index (χ2v) is 4.93. The van der Waals surface area contributed by atoms with Crippen molar-refractivity contribution < 1.29 is 14.3 Å². The molecule has 0 aliphatic heterocycles. The van der Waals surface area contributed by atoms with E-state index >= 15 is 0 Å². The SMILES string of the molecule is Cc1cc(-c2cc(CCC(=O)O)sn2)ccc1F. The number of aryl methyl sites for hydroxylation is 2. The van der Waals surface area contributed by atoms with Crippen molar-refractivity contribution in [2.24, 2.45) is 0 Å². The summed E-state index contributed by atoms with van der Waals surface area (Å²) in [5.74, 6) is -1.05.